The van der Waals surface area contributed by atoms with Gasteiger partial charge in [0.25, 0.3) is 0 Å². The molecule has 0 saturated carbocycles. The highest BCUT2D eigenvalue weighted by atomic mass is 16.2. The highest BCUT2D eigenvalue weighted by Crippen LogP contribution is 2.17. The number of aryl methyl sites for hydroxylation is 2. The second-order valence-corrected chi connectivity index (χ2v) is 3.48. The molecule has 0 heterocycles. The number of benzene rings is 1. The van der Waals surface area contributed by atoms with Gasteiger partial charge in [-0.3, -0.25) is 0 Å². The standard InChI is InChI=1S/C11H16N4O/c1-3-8-6-7(2)4-5-9(8)14-11(16)15-10(12)13/h4-6H,3H2,1-2H3,(H5,12,13,14,15,16). The number of urea groups is 1. The first-order valence-electron chi connectivity index (χ1n) is 5.03. The van der Waals surface area contributed by atoms with Crippen LogP contribution in [-0.4, -0.2) is 12.0 Å². The van der Waals surface area contributed by atoms with Gasteiger partial charge in [-0.15, -0.1) is 0 Å². The third-order valence-electron chi connectivity index (χ3n) is 2.11. The molecule has 5 nitrogen and oxygen atoms in total. The Kier molecular flexibility index (Phi) is 3.88. The number of guanidine groups is 1. The van der Waals surface area contributed by atoms with Crippen molar-refractivity contribution in [3.05, 3.63) is 29.3 Å². The molecule has 0 bridgehead atoms. The maximum Gasteiger partial charge on any atom is 0.348 e. The van der Waals surface area contributed by atoms with E-state index in [1.807, 2.05) is 32.0 Å². The Hall–Kier alpha value is -2.04. The number of hydrogen-bond acceptors (Lipinski definition) is 1. The summed E-state index contributed by atoms with van der Waals surface area (Å²) in [5.74, 6) is -0.248. The highest BCUT2D eigenvalue weighted by molar-refractivity contribution is 5.98. The number of hydrogen-bond donors (Lipinski definition) is 3. The molecular formula is C11H16N4O. The Balaban J connectivity index is 2.89. The van der Waals surface area contributed by atoms with E-state index in [1.54, 1.807) is 0 Å². The van der Waals surface area contributed by atoms with Crippen LogP contribution in [0.25, 0.3) is 0 Å². The van der Waals surface area contributed by atoms with Crippen molar-refractivity contribution in [1.29, 1.82) is 0 Å². The van der Waals surface area contributed by atoms with Crippen molar-refractivity contribution in [3.8, 4) is 0 Å². The molecule has 0 aliphatic heterocycles. The zero-order valence-corrected chi connectivity index (χ0v) is 9.45. The van der Waals surface area contributed by atoms with E-state index < -0.39 is 6.03 Å². The van der Waals surface area contributed by atoms with Gasteiger partial charge in [-0.2, -0.15) is 4.99 Å². The predicted molar refractivity (Wildman–Crippen MR) is 65.4 cm³/mol. The first-order chi connectivity index (χ1) is 7.52. The van der Waals surface area contributed by atoms with Gasteiger partial charge in [0, 0.05) is 5.69 Å². The molecule has 1 aromatic rings. The summed E-state index contributed by atoms with van der Waals surface area (Å²) in [6.45, 7) is 4.02. The molecule has 16 heavy (non-hydrogen) atoms. The number of nitrogens with one attached hydrogen (secondary N) is 1. The Morgan fingerprint density at radius 3 is 2.69 bits per heavy atom. The molecular weight excluding hydrogens is 204 g/mol. The van der Waals surface area contributed by atoms with E-state index in [1.165, 1.54) is 0 Å². The minimum absolute atomic E-state index is 0.248. The van der Waals surface area contributed by atoms with Crippen LogP contribution >= 0.6 is 0 Å². The van der Waals surface area contributed by atoms with Crippen LogP contribution in [0.5, 0.6) is 0 Å². The predicted octanol–water partition coefficient (Wildman–Crippen LogP) is 1.36. The summed E-state index contributed by atoms with van der Waals surface area (Å²) in [5, 5.41) is 2.63. The summed E-state index contributed by atoms with van der Waals surface area (Å²) in [7, 11) is 0. The first kappa shape index (κ1) is 12.0. The van der Waals surface area contributed by atoms with E-state index in [0.717, 1.165) is 23.2 Å². The van der Waals surface area contributed by atoms with Crippen LogP contribution < -0.4 is 16.8 Å². The second-order valence-electron chi connectivity index (χ2n) is 3.48. The van der Waals surface area contributed by atoms with Crippen LogP contribution in [0.3, 0.4) is 0 Å². The molecule has 5 N–H and O–H groups in total. The van der Waals surface area contributed by atoms with Crippen molar-refractivity contribution < 1.29 is 4.79 Å². The number of rotatable bonds is 2. The fraction of sp³-hybridized carbons (Fsp3) is 0.273. The summed E-state index contributed by atoms with van der Waals surface area (Å²) >= 11 is 0. The average Bonchev–Trinajstić information content (AvgIpc) is 2.19. The van der Waals surface area contributed by atoms with E-state index in [0.29, 0.717) is 0 Å². The Morgan fingerprint density at radius 2 is 2.12 bits per heavy atom. The number of aliphatic imine (C=N–C) groups is 1. The third-order valence-corrected chi connectivity index (χ3v) is 2.11. The molecule has 0 atom stereocenters. The topological polar surface area (TPSA) is 93.5 Å². The zero-order valence-electron chi connectivity index (χ0n) is 9.45. The van der Waals surface area contributed by atoms with Crippen LogP contribution in [0.2, 0.25) is 0 Å². The van der Waals surface area contributed by atoms with Crippen LogP contribution in [0, 0.1) is 6.92 Å². The average molecular weight is 220 g/mol. The van der Waals surface area contributed by atoms with Gasteiger partial charge in [0.05, 0.1) is 0 Å². The summed E-state index contributed by atoms with van der Waals surface area (Å²) in [5.41, 5.74) is 13.2. The van der Waals surface area contributed by atoms with Crippen molar-refractivity contribution in [3.63, 3.8) is 0 Å². The normalized spacial score (nSPS) is 9.62. The Morgan fingerprint density at radius 1 is 1.44 bits per heavy atom. The Bertz CT molecular complexity index is 422. The van der Waals surface area contributed by atoms with Crippen LogP contribution in [0.1, 0.15) is 18.1 Å². The SMILES string of the molecule is CCc1cc(C)ccc1NC(=O)N=C(N)N. The molecule has 0 saturated heterocycles. The lowest BCUT2D eigenvalue weighted by molar-refractivity contribution is 0.259. The summed E-state index contributed by atoms with van der Waals surface area (Å²) < 4.78 is 0. The number of nitrogens with zero attached hydrogens (tertiary/aromatic N) is 1. The van der Waals surface area contributed by atoms with Gasteiger partial charge < -0.3 is 16.8 Å². The Labute approximate surface area is 94.5 Å². The molecule has 0 fully saturated rings. The zero-order chi connectivity index (χ0) is 12.1. The van der Waals surface area contributed by atoms with Gasteiger partial charge >= 0.3 is 6.03 Å². The lowest BCUT2D eigenvalue weighted by Crippen LogP contribution is -2.25. The molecule has 0 unspecified atom stereocenters. The molecule has 5 heteroatoms. The summed E-state index contributed by atoms with van der Waals surface area (Å²) in [6, 6.07) is 5.22. The lowest BCUT2D eigenvalue weighted by Gasteiger charge is -2.08. The van der Waals surface area contributed by atoms with E-state index in [-0.39, 0.29) is 5.96 Å². The highest BCUT2D eigenvalue weighted by Gasteiger charge is 2.04. The van der Waals surface area contributed by atoms with Gasteiger partial charge in [-0.25, -0.2) is 4.79 Å². The fourth-order valence-electron chi connectivity index (χ4n) is 1.40. The van der Waals surface area contributed by atoms with Gasteiger partial charge in [0.1, 0.15) is 0 Å². The quantitative estimate of drug-likeness (QED) is 0.519. The monoisotopic (exact) mass is 220 g/mol. The molecule has 0 aromatic heterocycles. The van der Waals surface area contributed by atoms with Gasteiger partial charge in [-0.1, -0.05) is 24.6 Å². The summed E-state index contributed by atoms with van der Waals surface area (Å²) in [4.78, 5) is 14.7. The summed E-state index contributed by atoms with van der Waals surface area (Å²) in [6.07, 6.45) is 0.832. The molecule has 1 aromatic carbocycles. The number of nitrogens with two attached hydrogens (primary N) is 2. The van der Waals surface area contributed by atoms with Crippen molar-refractivity contribution in [2.24, 2.45) is 16.5 Å². The van der Waals surface area contributed by atoms with Crippen LogP contribution in [0.4, 0.5) is 10.5 Å². The van der Waals surface area contributed by atoms with E-state index >= 15 is 0 Å². The third kappa shape index (κ3) is 3.27. The molecule has 0 aliphatic rings. The molecule has 1 rings (SSSR count). The van der Waals surface area contributed by atoms with Gasteiger partial charge in [0.15, 0.2) is 5.96 Å². The smallest absolute Gasteiger partial charge is 0.348 e. The molecule has 0 spiro atoms. The molecule has 0 radical (unpaired) electrons. The first-order valence-corrected chi connectivity index (χ1v) is 5.03. The fourth-order valence-corrected chi connectivity index (χ4v) is 1.40. The second kappa shape index (κ2) is 5.16. The van der Waals surface area contributed by atoms with Crippen LogP contribution in [0.15, 0.2) is 23.2 Å². The van der Waals surface area contributed by atoms with Crippen LogP contribution in [-0.2, 0) is 6.42 Å². The molecule has 2 amide bonds. The van der Waals surface area contributed by atoms with Crippen molar-refractivity contribution in [2.75, 3.05) is 5.32 Å². The number of anilines is 1. The van der Waals surface area contributed by atoms with Gasteiger partial charge in [0.2, 0.25) is 0 Å². The minimum atomic E-state index is -0.557. The van der Waals surface area contributed by atoms with Crippen molar-refractivity contribution in [1.82, 2.24) is 0 Å². The maximum absolute atomic E-state index is 11.3. The maximum atomic E-state index is 11.3. The lowest BCUT2D eigenvalue weighted by atomic mass is 10.1. The van der Waals surface area contributed by atoms with E-state index in [4.69, 9.17) is 11.5 Å². The number of amides is 2. The largest absolute Gasteiger partial charge is 0.370 e. The minimum Gasteiger partial charge on any atom is -0.370 e. The van der Waals surface area contributed by atoms with Crippen molar-refractivity contribution >= 4 is 17.7 Å². The van der Waals surface area contributed by atoms with E-state index in [2.05, 4.69) is 10.3 Å². The number of carbonyl (C=O) groups excluding carboxylic acids is 1. The van der Waals surface area contributed by atoms with E-state index in [9.17, 15) is 4.79 Å². The van der Waals surface area contributed by atoms with Gasteiger partial charge in [-0.05, 0) is 25.0 Å². The molecule has 0 aliphatic carbocycles. The van der Waals surface area contributed by atoms with Crippen molar-refractivity contribution in [2.45, 2.75) is 20.3 Å². The number of carbonyl (C=O) groups is 1. The molecule has 86 valence electrons.